The van der Waals surface area contributed by atoms with E-state index in [1.54, 1.807) is 0 Å². The van der Waals surface area contributed by atoms with Crippen LogP contribution >= 0.6 is 0 Å². The molecule has 20 heavy (non-hydrogen) atoms. The molecule has 0 aliphatic rings. The van der Waals surface area contributed by atoms with Crippen molar-refractivity contribution in [3.05, 3.63) is 12.3 Å². The van der Waals surface area contributed by atoms with Gasteiger partial charge in [-0.05, 0) is 19.0 Å². The second-order valence-electron chi connectivity index (χ2n) is 6.03. The minimum Gasteiger partial charge on any atom is -0.384 e. The van der Waals surface area contributed by atoms with Crippen LogP contribution < -0.4 is 0 Å². The maximum atomic E-state index is 2.28. The van der Waals surface area contributed by atoms with Crippen LogP contribution in [-0.4, -0.2) is 19.0 Å². The number of hydrogen-bond acceptors (Lipinski definition) is 1. The third-order valence-corrected chi connectivity index (χ3v) is 3.13. The molecule has 0 saturated heterocycles. The Balaban J connectivity index is 0. The molecule has 0 aromatic rings. The van der Waals surface area contributed by atoms with E-state index in [4.69, 9.17) is 0 Å². The molecule has 1 nitrogen and oxygen atoms in total. The third-order valence-electron chi connectivity index (χ3n) is 3.13. The largest absolute Gasteiger partial charge is 0.384 e. The number of nitrogens with zero attached hydrogens (tertiary/aromatic N) is 1. The van der Waals surface area contributed by atoms with Crippen molar-refractivity contribution < 1.29 is 0 Å². The van der Waals surface area contributed by atoms with Crippen LogP contribution in [0.2, 0.25) is 0 Å². The lowest BCUT2D eigenvalue weighted by atomic mass is 10.1. The average molecular weight is 284 g/mol. The number of hydrogen-bond donors (Lipinski definition) is 0. The van der Waals surface area contributed by atoms with Gasteiger partial charge in [0.25, 0.3) is 0 Å². The highest BCUT2D eigenvalue weighted by atomic mass is 15.0. The SMILES string of the molecule is CCC.CCCCCCCCCCCCC=CN(C)C. The van der Waals surface area contributed by atoms with E-state index in [0.717, 1.165) is 0 Å². The summed E-state index contributed by atoms with van der Waals surface area (Å²) in [5.74, 6) is 0. The minimum absolute atomic E-state index is 1.24. The Kier molecular flexibility index (Phi) is 22.8. The average Bonchev–Trinajstić information content (AvgIpc) is 2.40. The quantitative estimate of drug-likeness (QED) is 0.356. The molecule has 0 bridgehead atoms. The Morgan fingerprint density at radius 3 is 1.45 bits per heavy atom. The summed E-state index contributed by atoms with van der Waals surface area (Å²) >= 11 is 0. The third kappa shape index (κ3) is 26.2. The molecule has 0 aromatic heterocycles. The van der Waals surface area contributed by atoms with E-state index in [9.17, 15) is 0 Å². The molecule has 0 radical (unpaired) electrons. The molecule has 1 heteroatoms. The van der Waals surface area contributed by atoms with Crippen molar-refractivity contribution in [1.29, 1.82) is 0 Å². The second kappa shape index (κ2) is 20.8. The van der Waals surface area contributed by atoms with Gasteiger partial charge < -0.3 is 4.90 Å². The summed E-state index contributed by atoms with van der Waals surface area (Å²) in [5.41, 5.74) is 0. The van der Waals surface area contributed by atoms with Crippen molar-refractivity contribution in [2.45, 2.75) is 97.8 Å². The van der Waals surface area contributed by atoms with Crippen LogP contribution in [0.1, 0.15) is 97.8 Å². The standard InChI is InChI=1S/C16H33N.C3H8/c1-4-5-6-7-8-9-10-11-12-13-14-15-16-17(2)3;1-3-2/h15-16H,4-14H2,1-3H3;3H2,1-2H3. The molecule has 0 rings (SSSR count). The van der Waals surface area contributed by atoms with E-state index in [-0.39, 0.29) is 0 Å². The molecule has 0 unspecified atom stereocenters. The van der Waals surface area contributed by atoms with E-state index in [2.05, 4.69) is 52.0 Å². The van der Waals surface area contributed by atoms with E-state index in [1.807, 2.05) is 0 Å². The zero-order valence-electron chi connectivity index (χ0n) is 15.1. The van der Waals surface area contributed by atoms with Gasteiger partial charge >= 0.3 is 0 Å². The Morgan fingerprint density at radius 2 is 1.05 bits per heavy atom. The fourth-order valence-electron chi connectivity index (χ4n) is 2.03. The maximum Gasteiger partial charge on any atom is 0.00555 e. The predicted octanol–water partition coefficient (Wildman–Crippen LogP) is 6.79. The lowest BCUT2D eigenvalue weighted by Gasteiger charge is -2.03. The molecule has 0 N–H and O–H groups in total. The molecular formula is C19H41N. The molecule has 0 amide bonds. The smallest absolute Gasteiger partial charge is 0.00555 e. The van der Waals surface area contributed by atoms with E-state index in [0.29, 0.717) is 0 Å². The van der Waals surface area contributed by atoms with Crippen LogP contribution in [0.3, 0.4) is 0 Å². The van der Waals surface area contributed by atoms with Crippen LogP contribution in [0.15, 0.2) is 12.3 Å². The first-order valence-corrected chi connectivity index (χ1v) is 9.02. The van der Waals surface area contributed by atoms with Gasteiger partial charge in [-0.3, -0.25) is 0 Å². The molecule has 0 fully saturated rings. The molecule has 0 saturated carbocycles. The van der Waals surface area contributed by atoms with Crippen molar-refractivity contribution in [1.82, 2.24) is 4.90 Å². The Morgan fingerprint density at radius 1 is 0.650 bits per heavy atom. The Bertz CT molecular complexity index is 173. The van der Waals surface area contributed by atoms with Gasteiger partial charge in [0, 0.05) is 14.1 Å². The van der Waals surface area contributed by atoms with Gasteiger partial charge in [-0.25, -0.2) is 0 Å². The highest BCUT2D eigenvalue weighted by molar-refractivity contribution is 4.78. The van der Waals surface area contributed by atoms with Gasteiger partial charge in [-0.15, -0.1) is 0 Å². The van der Waals surface area contributed by atoms with Gasteiger partial charge in [0.05, 0.1) is 0 Å². The first-order valence-electron chi connectivity index (χ1n) is 9.02. The monoisotopic (exact) mass is 283 g/mol. The van der Waals surface area contributed by atoms with Crippen LogP contribution in [0.25, 0.3) is 0 Å². The van der Waals surface area contributed by atoms with Crippen LogP contribution in [-0.2, 0) is 0 Å². The molecular weight excluding hydrogens is 242 g/mol. The van der Waals surface area contributed by atoms with Gasteiger partial charge in [0.2, 0.25) is 0 Å². The van der Waals surface area contributed by atoms with Crippen LogP contribution in [0.5, 0.6) is 0 Å². The Hall–Kier alpha value is -0.460. The van der Waals surface area contributed by atoms with Gasteiger partial charge in [0.15, 0.2) is 0 Å². The lowest BCUT2D eigenvalue weighted by Crippen LogP contribution is -1.99. The number of allylic oxidation sites excluding steroid dienone is 1. The first-order chi connectivity index (χ1) is 9.68. The fraction of sp³-hybridized carbons (Fsp3) is 0.895. The normalized spacial score (nSPS) is 10.4. The molecule has 0 spiro atoms. The molecule has 0 atom stereocenters. The summed E-state index contributed by atoms with van der Waals surface area (Å²) in [6.45, 7) is 6.53. The fourth-order valence-corrected chi connectivity index (χ4v) is 2.03. The predicted molar refractivity (Wildman–Crippen MR) is 95.3 cm³/mol. The molecule has 0 aliphatic carbocycles. The molecule has 122 valence electrons. The van der Waals surface area contributed by atoms with Crippen molar-refractivity contribution in [2.75, 3.05) is 14.1 Å². The number of rotatable bonds is 12. The topological polar surface area (TPSA) is 3.24 Å². The van der Waals surface area contributed by atoms with E-state index in [1.165, 1.54) is 77.0 Å². The van der Waals surface area contributed by atoms with Gasteiger partial charge in [-0.1, -0.05) is 91.1 Å². The minimum atomic E-state index is 1.24. The summed E-state index contributed by atoms with van der Waals surface area (Å²) in [6.07, 6.45) is 21.2. The highest BCUT2D eigenvalue weighted by Crippen LogP contribution is 2.11. The van der Waals surface area contributed by atoms with Crippen molar-refractivity contribution >= 4 is 0 Å². The van der Waals surface area contributed by atoms with Crippen molar-refractivity contribution in [3.8, 4) is 0 Å². The first kappa shape index (κ1) is 21.8. The van der Waals surface area contributed by atoms with E-state index < -0.39 is 0 Å². The van der Waals surface area contributed by atoms with E-state index >= 15 is 0 Å². The zero-order valence-corrected chi connectivity index (χ0v) is 15.1. The summed E-state index contributed by atoms with van der Waals surface area (Å²) in [6, 6.07) is 0. The summed E-state index contributed by atoms with van der Waals surface area (Å²) in [5, 5.41) is 0. The highest BCUT2D eigenvalue weighted by Gasteiger charge is 1.91. The maximum absolute atomic E-state index is 2.28. The van der Waals surface area contributed by atoms with Gasteiger partial charge in [0.1, 0.15) is 0 Å². The number of unbranched alkanes of at least 4 members (excludes halogenated alkanes) is 10. The second-order valence-corrected chi connectivity index (χ2v) is 6.03. The van der Waals surface area contributed by atoms with Crippen molar-refractivity contribution in [3.63, 3.8) is 0 Å². The lowest BCUT2D eigenvalue weighted by molar-refractivity contribution is 0.550. The van der Waals surface area contributed by atoms with Crippen LogP contribution in [0, 0.1) is 0 Å². The van der Waals surface area contributed by atoms with Gasteiger partial charge in [-0.2, -0.15) is 0 Å². The molecule has 0 aliphatic heterocycles. The van der Waals surface area contributed by atoms with Crippen molar-refractivity contribution in [2.24, 2.45) is 0 Å². The summed E-state index contributed by atoms with van der Waals surface area (Å²) in [4.78, 5) is 2.11. The van der Waals surface area contributed by atoms with Crippen LogP contribution in [0.4, 0.5) is 0 Å². The Labute approximate surface area is 129 Å². The summed E-state index contributed by atoms with van der Waals surface area (Å²) in [7, 11) is 4.16. The molecule has 0 heterocycles. The summed E-state index contributed by atoms with van der Waals surface area (Å²) < 4.78 is 0. The molecule has 0 aromatic carbocycles. The zero-order chi connectivity index (χ0) is 15.5.